The summed E-state index contributed by atoms with van der Waals surface area (Å²) >= 11 is 0. The number of aryl methyl sites for hydroxylation is 1. The molecule has 0 bridgehead atoms. The van der Waals surface area contributed by atoms with E-state index in [1.54, 1.807) is 0 Å². The second kappa shape index (κ2) is 4.94. The molecule has 0 aliphatic carbocycles. The molecular formula is C17H15NO2. The standard InChI is InChI=1S/C17H15NO2/c1-12-7-6-10-14-15(11-13-8-4-3-5-9-13)18(20-2)17(19)16(12)14/h3-11H,1-2H3/b15-11+. The molecule has 100 valence electrons. The maximum atomic E-state index is 12.4. The van der Waals surface area contributed by atoms with Gasteiger partial charge in [-0.2, -0.15) is 5.06 Å². The quantitative estimate of drug-likeness (QED) is 0.831. The molecule has 0 radical (unpaired) electrons. The van der Waals surface area contributed by atoms with Crippen LogP contribution in [0.15, 0.2) is 48.5 Å². The monoisotopic (exact) mass is 265 g/mol. The largest absolute Gasteiger partial charge is 0.283 e. The van der Waals surface area contributed by atoms with Crippen molar-refractivity contribution < 1.29 is 9.63 Å². The average Bonchev–Trinajstić information content (AvgIpc) is 2.74. The summed E-state index contributed by atoms with van der Waals surface area (Å²) < 4.78 is 0. The van der Waals surface area contributed by atoms with Gasteiger partial charge in [-0.1, -0.05) is 48.5 Å². The fraction of sp³-hybridized carbons (Fsp3) is 0.118. The molecule has 0 aromatic heterocycles. The zero-order valence-electron chi connectivity index (χ0n) is 11.5. The first-order valence-corrected chi connectivity index (χ1v) is 6.47. The molecule has 1 aliphatic rings. The third kappa shape index (κ3) is 1.92. The van der Waals surface area contributed by atoms with Crippen LogP contribution in [-0.2, 0) is 4.84 Å². The number of hydrogen-bond acceptors (Lipinski definition) is 2. The van der Waals surface area contributed by atoms with Crippen molar-refractivity contribution >= 4 is 17.7 Å². The Morgan fingerprint density at radius 3 is 2.50 bits per heavy atom. The number of fused-ring (bicyclic) bond motifs is 1. The van der Waals surface area contributed by atoms with Crippen LogP contribution >= 0.6 is 0 Å². The van der Waals surface area contributed by atoms with Gasteiger partial charge in [0.2, 0.25) is 0 Å². The number of carbonyl (C=O) groups excluding carboxylic acids is 1. The molecule has 20 heavy (non-hydrogen) atoms. The van der Waals surface area contributed by atoms with E-state index in [1.807, 2.05) is 61.5 Å². The van der Waals surface area contributed by atoms with E-state index >= 15 is 0 Å². The predicted molar refractivity (Wildman–Crippen MR) is 78.7 cm³/mol. The fourth-order valence-corrected chi connectivity index (χ4v) is 2.51. The van der Waals surface area contributed by atoms with Crippen molar-refractivity contribution in [2.24, 2.45) is 0 Å². The van der Waals surface area contributed by atoms with Gasteiger partial charge in [-0.3, -0.25) is 9.63 Å². The first-order valence-electron chi connectivity index (χ1n) is 6.47. The molecule has 3 heteroatoms. The van der Waals surface area contributed by atoms with Crippen LogP contribution in [-0.4, -0.2) is 18.1 Å². The number of rotatable bonds is 2. The number of hydrogen-bond donors (Lipinski definition) is 0. The van der Waals surface area contributed by atoms with Crippen molar-refractivity contribution in [2.75, 3.05) is 7.11 Å². The number of carbonyl (C=O) groups is 1. The summed E-state index contributed by atoms with van der Waals surface area (Å²) in [6, 6.07) is 15.8. The molecule has 0 fully saturated rings. The van der Waals surface area contributed by atoms with Gasteiger partial charge in [0, 0.05) is 5.56 Å². The molecule has 3 rings (SSSR count). The van der Waals surface area contributed by atoms with Crippen molar-refractivity contribution in [3.05, 3.63) is 70.8 Å². The third-order valence-electron chi connectivity index (χ3n) is 3.45. The van der Waals surface area contributed by atoms with E-state index in [-0.39, 0.29) is 5.91 Å². The number of nitrogens with zero attached hydrogens (tertiary/aromatic N) is 1. The number of benzene rings is 2. The topological polar surface area (TPSA) is 29.5 Å². The van der Waals surface area contributed by atoms with Crippen LogP contribution in [0.25, 0.3) is 11.8 Å². The lowest BCUT2D eigenvalue weighted by Crippen LogP contribution is -2.21. The van der Waals surface area contributed by atoms with E-state index in [2.05, 4.69) is 0 Å². The molecule has 0 N–H and O–H groups in total. The van der Waals surface area contributed by atoms with Gasteiger partial charge in [-0.05, 0) is 24.1 Å². The Bertz CT molecular complexity index is 689. The maximum Gasteiger partial charge on any atom is 0.283 e. The molecule has 2 aromatic carbocycles. The van der Waals surface area contributed by atoms with E-state index < -0.39 is 0 Å². The Morgan fingerprint density at radius 2 is 1.80 bits per heavy atom. The minimum Gasteiger partial charge on any atom is -0.269 e. The van der Waals surface area contributed by atoms with Crippen LogP contribution in [0, 0.1) is 6.92 Å². The van der Waals surface area contributed by atoms with Crippen LogP contribution in [0.1, 0.15) is 27.0 Å². The van der Waals surface area contributed by atoms with Gasteiger partial charge >= 0.3 is 0 Å². The summed E-state index contributed by atoms with van der Waals surface area (Å²) in [4.78, 5) is 17.7. The van der Waals surface area contributed by atoms with Crippen LogP contribution in [0.5, 0.6) is 0 Å². The first-order chi connectivity index (χ1) is 9.72. The van der Waals surface area contributed by atoms with Gasteiger partial charge in [0.05, 0.1) is 18.4 Å². The fourth-order valence-electron chi connectivity index (χ4n) is 2.51. The lowest BCUT2D eigenvalue weighted by atomic mass is 10.0. The minimum atomic E-state index is -0.109. The van der Waals surface area contributed by atoms with Gasteiger partial charge in [0.1, 0.15) is 0 Å². The summed E-state index contributed by atoms with van der Waals surface area (Å²) in [7, 11) is 1.51. The molecule has 0 unspecified atom stereocenters. The highest BCUT2D eigenvalue weighted by Crippen LogP contribution is 2.35. The second-order valence-corrected chi connectivity index (χ2v) is 4.72. The smallest absolute Gasteiger partial charge is 0.269 e. The molecular weight excluding hydrogens is 250 g/mol. The highest BCUT2D eigenvalue weighted by atomic mass is 16.7. The van der Waals surface area contributed by atoms with Gasteiger partial charge in [-0.25, -0.2) is 0 Å². The highest BCUT2D eigenvalue weighted by molar-refractivity contribution is 6.11. The number of hydroxylamine groups is 2. The molecule has 1 heterocycles. The summed E-state index contributed by atoms with van der Waals surface area (Å²) in [5.74, 6) is -0.109. The van der Waals surface area contributed by atoms with Crippen LogP contribution in [0.3, 0.4) is 0 Å². The van der Waals surface area contributed by atoms with Crippen molar-refractivity contribution in [1.29, 1.82) is 0 Å². The third-order valence-corrected chi connectivity index (χ3v) is 3.45. The Hall–Kier alpha value is -2.39. The van der Waals surface area contributed by atoms with Gasteiger partial charge in [0.25, 0.3) is 5.91 Å². The van der Waals surface area contributed by atoms with Crippen LogP contribution in [0.2, 0.25) is 0 Å². The second-order valence-electron chi connectivity index (χ2n) is 4.72. The van der Waals surface area contributed by atoms with Gasteiger partial charge < -0.3 is 0 Å². The summed E-state index contributed by atoms with van der Waals surface area (Å²) in [5.41, 5.74) is 4.41. The predicted octanol–water partition coefficient (Wildman–Crippen LogP) is 3.51. The molecule has 0 saturated heterocycles. The van der Waals surface area contributed by atoms with Crippen molar-refractivity contribution in [1.82, 2.24) is 5.06 Å². The summed E-state index contributed by atoms with van der Waals surface area (Å²) in [6.07, 6.45) is 1.96. The molecule has 1 aliphatic heterocycles. The molecule has 0 spiro atoms. The minimum absolute atomic E-state index is 0.109. The average molecular weight is 265 g/mol. The Kier molecular flexibility index (Phi) is 3.12. The Labute approximate surface area is 118 Å². The van der Waals surface area contributed by atoms with Crippen molar-refractivity contribution in [3.8, 4) is 0 Å². The Balaban J connectivity index is 2.18. The van der Waals surface area contributed by atoms with Gasteiger partial charge in [0.15, 0.2) is 0 Å². The van der Waals surface area contributed by atoms with E-state index in [9.17, 15) is 4.79 Å². The van der Waals surface area contributed by atoms with Crippen molar-refractivity contribution in [2.45, 2.75) is 6.92 Å². The zero-order valence-corrected chi connectivity index (χ0v) is 11.5. The molecule has 2 aromatic rings. The van der Waals surface area contributed by atoms with E-state index in [0.717, 1.165) is 28.0 Å². The van der Waals surface area contributed by atoms with E-state index in [0.29, 0.717) is 0 Å². The molecule has 0 saturated carbocycles. The summed E-state index contributed by atoms with van der Waals surface area (Å²) in [6.45, 7) is 1.94. The molecule has 1 amide bonds. The van der Waals surface area contributed by atoms with Crippen molar-refractivity contribution in [3.63, 3.8) is 0 Å². The van der Waals surface area contributed by atoms with E-state index in [1.165, 1.54) is 12.2 Å². The van der Waals surface area contributed by atoms with Crippen LogP contribution in [0.4, 0.5) is 0 Å². The SMILES string of the molecule is CON1C(=O)c2c(C)cccc2/C1=C\c1ccccc1. The normalized spacial score (nSPS) is 15.8. The maximum absolute atomic E-state index is 12.4. The Morgan fingerprint density at radius 1 is 1.05 bits per heavy atom. The lowest BCUT2D eigenvalue weighted by Gasteiger charge is -2.14. The molecule has 0 atom stereocenters. The van der Waals surface area contributed by atoms with E-state index in [4.69, 9.17) is 4.84 Å². The van der Waals surface area contributed by atoms with Crippen LogP contribution < -0.4 is 0 Å². The van der Waals surface area contributed by atoms with Gasteiger partial charge in [-0.15, -0.1) is 0 Å². The highest BCUT2D eigenvalue weighted by Gasteiger charge is 2.33. The summed E-state index contributed by atoms with van der Waals surface area (Å²) in [5, 5.41) is 1.35. The first kappa shape index (κ1) is 12.6. The zero-order chi connectivity index (χ0) is 14.1. The number of amides is 1. The molecule has 3 nitrogen and oxygen atoms in total. The lowest BCUT2D eigenvalue weighted by molar-refractivity contribution is -0.0451.